The third-order valence-electron chi connectivity index (χ3n) is 7.23. The van der Waals surface area contributed by atoms with E-state index in [-0.39, 0.29) is 12.1 Å². The minimum absolute atomic E-state index is 0.00318. The first kappa shape index (κ1) is 24.1. The zero-order chi connectivity index (χ0) is 25.2. The molecule has 36 heavy (non-hydrogen) atoms. The van der Waals surface area contributed by atoms with Gasteiger partial charge in [0.1, 0.15) is 5.82 Å². The summed E-state index contributed by atoms with van der Waals surface area (Å²) >= 11 is 0. The van der Waals surface area contributed by atoms with Gasteiger partial charge in [-0.25, -0.2) is 14.6 Å². The summed E-state index contributed by atoms with van der Waals surface area (Å²) in [4.78, 5) is 32.2. The summed E-state index contributed by atoms with van der Waals surface area (Å²) in [7, 11) is 0. The molecule has 192 valence electrons. The maximum Gasteiger partial charge on any atom is 0.412 e. The van der Waals surface area contributed by atoms with Gasteiger partial charge >= 0.3 is 12.1 Å². The second-order valence-electron chi connectivity index (χ2n) is 9.60. The molecule has 1 unspecified atom stereocenters. The van der Waals surface area contributed by atoms with Gasteiger partial charge in [-0.15, -0.1) is 0 Å². The molecule has 1 atom stereocenters. The molecule has 2 aliphatic heterocycles. The van der Waals surface area contributed by atoms with E-state index in [1.54, 1.807) is 6.20 Å². The van der Waals surface area contributed by atoms with Crippen LogP contribution in [0.2, 0.25) is 0 Å². The van der Waals surface area contributed by atoms with Gasteiger partial charge in [0, 0.05) is 76.2 Å². The smallest absolute Gasteiger partial charge is 0.412 e. The lowest BCUT2D eigenvalue weighted by molar-refractivity contribution is 0.198. The van der Waals surface area contributed by atoms with E-state index in [2.05, 4.69) is 20.3 Å². The van der Waals surface area contributed by atoms with Crippen molar-refractivity contribution in [3.63, 3.8) is 0 Å². The molecule has 0 saturated carbocycles. The predicted octanol–water partition coefficient (Wildman–Crippen LogP) is 2.22. The fraction of sp³-hybridized carbons (Fsp3) is 0.520. The Kier molecular flexibility index (Phi) is 6.82. The number of urea groups is 1. The number of imidazole rings is 1. The molecular weight excluding hydrogens is 460 g/mol. The first-order valence-corrected chi connectivity index (χ1v) is 12.7. The molecule has 11 nitrogen and oxygen atoms in total. The van der Waals surface area contributed by atoms with Crippen molar-refractivity contribution in [2.45, 2.75) is 52.2 Å². The number of amides is 3. The molecule has 3 aromatic rings. The summed E-state index contributed by atoms with van der Waals surface area (Å²) in [6.07, 6.45) is 5.10. The molecule has 1 aromatic carbocycles. The van der Waals surface area contributed by atoms with Gasteiger partial charge < -0.3 is 25.2 Å². The van der Waals surface area contributed by atoms with Gasteiger partial charge in [-0.2, -0.15) is 5.10 Å². The van der Waals surface area contributed by atoms with Crippen LogP contribution < -0.4 is 15.5 Å². The Labute approximate surface area is 210 Å². The summed E-state index contributed by atoms with van der Waals surface area (Å²) in [5.74, 6) is 0.971. The Morgan fingerprint density at radius 3 is 2.83 bits per heavy atom. The largest absolute Gasteiger partial charge is 0.465 e. The minimum atomic E-state index is -0.920. The first-order chi connectivity index (χ1) is 17.4. The molecule has 0 aliphatic carbocycles. The van der Waals surface area contributed by atoms with Crippen LogP contribution in [-0.2, 0) is 25.9 Å². The number of fused-ring (bicyclic) bond motifs is 3. The van der Waals surface area contributed by atoms with Crippen LogP contribution in [0, 0.1) is 6.92 Å². The SMILES string of the molecule is Cc1cc2c(c3nc(CCn4cccn4)n(CCNCCN4CCNC4=O)c13)CCC(C)N2C(=O)O. The summed E-state index contributed by atoms with van der Waals surface area (Å²) in [5.41, 5.74) is 4.78. The van der Waals surface area contributed by atoms with Gasteiger partial charge in [-0.3, -0.25) is 9.58 Å². The highest BCUT2D eigenvalue weighted by Gasteiger charge is 2.31. The fourth-order valence-electron chi connectivity index (χ4n) is 5.40. The van der Waals surface area contributed by atoms with Gasteiger partial charge in [0.25, 0.3) is 0 Å². The standard InChI is InChI=1S/C25H34N8O3/c1-17-16-20-19(5-4-18(2)33(20)25(35)36)22-23(17)32(21(29-22)6-12-31-11-3-7-28-31)15-9-26-8-13-30-14-10-27-24(30)34/h3,7,11,16,18,26H,4-6,8-10,12-15H2,1-2H3,(H,27,34)(H,35,36). The predicted molar refractivity (Wildman–Crippen MR) is 137 cm³/mol. The monoisotopic (exact) mass is 494 g/mol. The van der Waals surface area contributed by atoms with Crippen LogP contribution in [0.25, 0.3) is 11.0 Å². The van der Waals surface area contributed by atoms with Gasteiger partial charge in [-0.05, 0) is 44.4 Å². The number of hydrogen-bond donors (Lipinski definition) is 3. The van der Waals surface area contributed by atoms with Gasteiger partial charge in [0.2, 0.25) is 0 Å². The van der Waals surface area contributed by atoms with E-state index >= 15 is 0 Å². The zero-order valence-corrected chi connectivity index (χ0v) is 20.9. The van der Waals surface area contributed by atoms with Crippen LogP contribution in [0.3, 0.4) is 0 Å². The average Bonchev–Trinajstić information content (AvgIpc) is 3.58. The topological polar surface area (TPSA) is 121 Å². The van der Waals surface area contributed by atoms with Crippen molar-refractivity contribution in [2.24, 2.45) is 0 Å². The summed E-state index contributed by atoms with van der Waals surface area (Å²) in [6.45, 7) is 9.05. The number of aryl methyl sites for hydroxylation is 4. The van der Waals surface area contributed by atoms with E-state index in [9.17, 15) is 14.7 Å². The lowest BCUT2D eigenvalue weighted by Crippen LogP contribution is -2.41. The van der Waals surface area contributed by atoms with E-state index in [1.165, 1.54) is 4.90 Å². The van der Waals surface area contributed by atoms with Crippen LogP contribution in [-0.4, -0.2) is 80.2 Å². The number of hydrogen-bond acceptors (Lipinski definition) is 5. The second-order valence-corrected chi connectivity index (χ2v) is 9.60. The van der Waals surface area contributed by atoms with Crippen molar-refractivity contribution < 1.29 is 14.7 Å². The number of aromatic nitrogens is 4. The molecule has 0 bridgehead atoms. The summed E-state index contributed by atoms with van der Waals surface area (Å²) < 4.78 is 4.17. The van der Waals surface area contributed by atoms with Crippen molar-refractivity contribution >= 4 is 28.8 Å². The third kappa shape index (κ3) is 4.62. The van der Waals surface area contributed by atoms with E-state index in [0.717, 1.165) is 79.1 Å². The second kappa shape index (κ2) is 10.2. The third-order valence-corrected chi connectivity index (χ3v) is 7.23. The maximum atomic E-state index is 12.1. The van der Waals surface area contributed by atoms with Gasteiger partial charge in [0.05, 0.1) is 16.7 Å². The Morgan fingerprint density at radius 1 is 1.28 bits per heavy atom. The van der Waals surface area contributed by atoms with Crippen molar-refractivity contribution in [1.29, 1.82) is 0 Å². The average molecular weight is 495 g/mol. The van der Waals surface area contributed by atoms with Crippen molar-refractivity contribution in [2.75, 3.05) is 37.6 Å². The van der Waals surface area contributed by atoms with Crippen LogP contribution in [0.5, 0.6) is 0 Å². The number of benzene rings is 1. The Balaban J connectivity index is 1.41. The molecular formula is C25H34N8O3. The number of carbonyl (C=O) groups is 2. The lowest BCUT2D eigenvalue weighted by Gasteiger charge is -2.33. The van der Waals surface area contributed by atoms with E-state index < -0.39 is 6.09 Å². The fourth-order valence-corrected chi connectivity index (χ4v) is 5.40. The number of anilines is 1. The van der Waals surface area contributed by atoms with Crippen LogP contribution in [0.4, 0.5) is 15.3 Å². The normalized spacial score (nSPS) is 17.6. The van der Waals surface area contributed by atoms with E-state index in [1.807, 2.05) is 41.8 Å². The molecule has 1 fully saturated rings. The Hall–Kier alpha value is -3.60. The molecule has 4 heterocycles. The van der Waals surface area contributed by atoms with E-state index in [0.29, 0.717) is 19.6 Å². The highest BCUT2D eigenvalue weighted by molar-refractivity contribution is 5.96. The highest BCUT2D eigenvalue weighted by atomic mass is 16.4. The highest BCUT2D eigenvalue weighted by Crippen LogP contribution is 2.38. The van der Waals surface area contributed by atoms with Crippen LogP contribution in [0.1, 0.15) is 30.3 Å². The summed E-state index contributed by atoms with van der Waals surface area (Å²) in [6, 6.07) is 3.87. The molecule has 1 saturated heterocycles. The van der Waals surface area contributed by atoms with Gasteiger partial charge in [-0.1, -0.05) is 0 Å². The number of rotatable bonds is 9. The molecule has 2 aliphatic rings. The molecule has 3 N–H and O–H groups in total. The Morgan fingerprint density at radius 2 is 2.11 bits per heavy atom. The van der Waals surface area contributed by atoms with Crippen LogP contribution >= 0.6 is 0 Å². The Bertz CT molecular complexity index is 1250. The molecule has 2 aromatic heterocycles. The number of carboxylic acid groups (broad SMARTS) is 1. The number of nitrogens with zero attached hydrogens (tertiary/aromatic N) is 6. The molecule has 5 rings (SSSR count). The summed E-state index contributed by atoms with van der Waals surface area (Å²) in [5, 5.41) is 20.5. The van der Waals surface area contributed by atoms with E-state index in [4.69, 9.17) is 4.98 Å². The molecule has 0 spiro atoms. The number of carbonyl (C=O) groups excluding carboxylic acids is 1. The quantitative estimate of drug-likeness (QED) is 0.392. The molecule has 3 amide bonds. The molecule has 0 radical (unpaired) electrons. The maximum absolute atomic E-state index is 12.1. The number of nitrogens with one attached hydrogen (secondary N) is 2. The first-order valence-electron chi connectivity index (χ1n) is 12.7. The van der Waals surface area contributed by atoms with Crippen molar-refractivity contribution in [3.05, 3.63) is 41.5 Å². The van der Waals surface area contributed by atoms with Crippen molar-refractivity contribution in [3.8, 4) is 0 Å². The molecule has 11 heteroatoms. The van der Waals surface area contributed by atoms with Crippen molar-refractivity contribution in [1.82, 2.24) is 34.9 Å². The lowest BCUT2D eigenvalue weighted by atomic mass is 9.94. The van der Waals surface area contributed by atoms with Crippen LogP contribution in [0.15, 0.2) is 24.5 Å². The minimum Gasteiger partial charge on any atom is -0.465 e. The zero-order valence-electron chi connectivity index (χ0n) is 20.9. The van der Waals surface area contributed by atoms with Gasteiger partial charge in [0.15, 0.2) is 0 Å².